The van der Waals surface area contributed by atoms with Gasteiger partial charge in [-0.05, 0) is 19.8 Å². The minimum Gasteiger partial charge on any atom is -0.372 e. The second kappa shape index (κ2) is 4.63. The van der Waals surface area contributed by atoms with Gasteiger partial charge in [0.15, 0.2) is 0 Å². The monoisotopic (exact) mass is 251 g/mol. The van der Waals surface area contributed by atoms with E-state index in [-0.39, 0.29) is 17.3 Å². The number of anilines is 1. The van der Waals surface area contributed by atoms with Crippen molar-refractivity contribution in [3.63, 3.8) is 0 Å². The molecule has 0 N–H and O–H groups in total. The highest BCUT2D eigenvalue weighted by molar-refractivity contribution is 5.47. The average Bonchev–Trinajstić information content (AvgIpc) is 2.79. The minimum absolute atomic E-state index is 0.0792. The molecule has 100 valence electrons. The second-order valence-electron chi connectivity index (χ2n) is 5.28. The maximum absolute atomic E-state index is 12.5. The summed E-state index contributed by atoms with van der Waals surface area (Å²) >= 11 is 0. The summed E-state index contributed by atoms with van der Waals surface area (Å²) in [5, 5.41) is 0. The van der Waals surface area contributed by atoms with Crippen LogP contribution in [0.4, 0.5) is 5.69 Å². The molecule has 2 rings (SSSR count). The number of rotatable bonds is 2. The zero-order valence-corrected chi connectivity index (χ0v) is 11.6. The molecule has 0 spiro atoms. The molecule has 0 aliphatic heterocycles. The normalized spacial score (nSPS) is 16.2. The van der Waals surface area contributed by atoms with Gasteiger partial charge in [0.25, 0.3) is 5.56 Å². The molecule has 1 saturated carbocycles. The molecule has 0 amide bonds. The molecule has 0 radical (unpaired) electrons. The van der Waals surface area contributed by atoms with Crippen molar-refractivity contribution in [2.24, 2.45) is 7.05 Å². The Morgan fingerprint density at radius 1 is 1.17 bits per heavy atom. The molecule has 0 unspecified atom stereocenters. The Balaban J connectivity index is 2.73. The van der Waals surface area contributed by atoms with Crippen LogP contribution in [0.25, 0.3) is 0 Å². The van der Waals surface area contributed by atoms with Gasteiger partial charge in [0.1, 0.15) is 5.69 Å². The smallest absolute Gasteiger partial charge is 0.331 e. The van der Waals surface area contributed by atoms with Gasteiger partial charge in [-0.25, -0.2) is 4.79 Å². The Kier molecular flexibility index (Phi) is 3.32. The summed E-state index contributed by atoms with van der Waals surface area (Å²) in [6.07, 6.45) is 4.08. The lowest BCUT2D eigenvalue weighted by atomic mass is 10.2. The van der Waals surface area contributed by atoms with Crippen LogP contribution in [-0.4, -0.2) is 23.2 Å². The molecule has 0 aromatic carbocycles. The fourth-order valence-electron chi connectivity index (χ4n) is 2.82. The van der Waals surface area contributed by atoms with Gasteiger partial charge in [-0.2, -0.15) is 0 Å². The summed E-state index contributed by atoms with van der Waals surface area (Å²) in [4.78, 5) is 26.6. The highest BCUT2D eigenvalue weighted by atomic mass is 16.2. The van der Waals surface area contributed by atoms with E-state index in [1.54, 1.807) is 16.5 Å². The average molecular weight is 251 g/mol. The van der Waals surface area contributed by atoms with Crippen molar-refractivity contribution < 1.29 is 0 Å². The molecule has 5 heteroatoms. The lowest BCUT2D eigenvalue weighted by Gasteiger charge is -2.21. The van der Waals surface area contributed by atoms with Crippen molar-refractivity contribution in [1.82, 2.24) is 9.13 Å². The molecule has 1 aliphatic rings. The third kappa shape index (κ3) is 1.87. The SMILES string of the molecule is Cc1c(N(C)C)c(=O)n(C2CCCC2)c(=O)n1C. The number of hydrogen-bond acceptors (Lipinski definition) is 3. The standard InChI is InChI=1S/C13H21N3O2/c1-9-11(14(2)3)12(17)16(13(18)15(9)4)10-7-5-6-8-10/h10H,5-8H2,1-4H3. The largest absolute Gasteiger partial charge is 0.372 e. The van der Waals surface area contributed by atoms with Gasteiger partial charge in [-0.15, -0.1) is 0 Å². The molecule has 5 nitrogen and oxygen atoms in total. The molecule has 1 fully saturated rings. The quantitative estimate of drug-likeness (QED) is 0.789. The van der Waals surface area contributed by atoms with Gasteiger partial charge in [-0.3, -0.25) is 13.9 Å². The van der Waals surface area contributed by atoms with Gasteiger partial charge >= 0.3 is 5.69 Å². The number of aromatic nitrogens is 2. The van der Waals surface area contributed by atoms with Crippen LogP contribution in [-0.2, 0) is 7.05 Å². The first-order valence-electron chi connectivity index (χ1n) is 6.44. The minimum atomic E-state index is -0.185. The predicted octanol–water partition coefficient (Wildman–Crippen LogP) is 1.04. The van der Waals surface area contributed by atoms with Crippen LogP contribution in [0.5, 0.6) is 0 Å². The van der Waals surface area contributed by atoms with E-state index in [0.717, 1.165) is 31.4 Å². The topological polar surface area (TPSA) is 47.2 Å². The summed E-state index contributed by atoms with van der Waals surface area (Å²) in [7, 11) is 5.41. The first-order valence-corrected chi connectivity index (χ1v) is 6.44. The molecule has 1 aliphatic carbocycles. The van der Waals surface area contributed by atoms with E-state index in [4.69, 9.17) is 0 Å². The molecular formula is C13H21N3O2. The molecule has 1 aromatic rings. The van der Waals surface area contributed by atoms with Gasteiger partial charge in [0, 0.05) is 32.9 Å². The van der Waals surface area contributed by atoms with Gasteiger partial charge in [0.2, 0.25) is 0 Å². The van der Waals surface area contributed by atoms with Crippen molar-refractivity contribution in [2.45, 2.75) is 38.6 Å². The summed E-state index contributed by atoms with van der Waals surface area (Å²) in [5.41, 5.74) is 1.01. The van der Waals surface area contributed by atoms with E-state index >= 15 is 0 Å². The number of hydrogen-bond donors (Lipinski definition) is 0. The van der Waals surface area contributed by atoms with Gasteiger partial charge in [-0.1, -0.05) is 12.8 Å². The molecule has 1 heterocycles. The van der Waals surface area contributed by atoms with Crippen LogP contribution in [0.15, 0.2) is 9.59 Å². The zero-order chi connectivity index (χ0) is 13.4. The highest BCUT2D eigenvalue weighted by Gasteiger charge is 2.24. The van der Waals surface area contributed by atoms with E-state index < -0.39 is 0 Å². The van der Waals surface area contributed by atoms with Crippen molar-refractivity contribution >= 4 is 5.69 Å². The molecule has 0 atom stereocenters. The lowest BCUT2D eigenvalue weighted by molar-refractivity contribution is 0.461. The third-order valence-electron chi connectivity index (χ3n) is 3.90. The maximum atomic E-state index is 12.5. The Morgan fingerprint density at radius 3 is 2.22 bits per heavy atom. The Bertz CT molecular complexity index is 563. The van der Waals surface area contributed by atoms with Crippen LogP contribution in [0, 0.1) is 6.92 Å². The van der Waals surface area contributed by atoms with Crippen LogP contribution in [0.2, 0.25) is 0 Å². The maximum Gasteiger partial charge on any atom is 0.331 e. The lowest BCUT2D eigenvalue weighted by Crippen LogP contribution is -2.44. The molecule has 0 saturated heterocycles. The van der Waals surface area contributed by atoms with Gasteiger partial charge in [0.05, 0.1) is 0 Å². The van der Waals surface area contributed by atoms with Crippen molar-refractivity contribution in [1.29, 1.82) is 0 Å². The Labute approximate surface area is 107 Å². The van der Waals surface area contributed by atoms with Crippen molar-refractivity contribution in [3.8, 4) is 0 Å². The summed E-state index contributed by atoms with van der Waals surface area (Å²) in [5.74, 6) is 0. The third-order valence-corrected chi connectivity index (χ3v) is 3.90. The van der Waals surface area contributed by atoms with E-state index in [2.05, 4.69) is 0 Å². The van der Waals surface area contributed by atoms with Gasteiger partial charge < -0.3 is 4.90 Å². The predicted molar refractivity (Wildman–Crippen MR) is 72.5 cm³/mol. The van der Waals surface area contributed by atoms with Crippen molar-refractivity contribution in [3.05, 3.63) is 26.5 Å². The fourth-order valence-corrected chi connectivity index (χ4v) is 2.82. The first-order chi connectivity index (χ1) is 8.45. The molecule has 18 heavy (non-hydrogen) atoms. The number of nitrogens with zero attached hydrogens (tertiary/aromatic N) is 3. The first kappa shape index (κ1) is 12.9. The zero-order valence-electron chi connectivity index (χ0n) is 11.6. The summed E-state index contributed by atoms with van der Waals surface area (Å²) < 4.78 is 3.03. The van der Waals surface area contributed by atoms with E-state index in [9.17, 15) is 9.59 Å². The molecule has 0 bridgehead atoms. The van der Waals surface area contributed by atoms with E-state index in [1.807, 2.05) is 21.0 Å². The Morgan fingerprint density at radius 2 is 1.72 bits per heavy atom. The molecular weight excluding hydrogens is 230 g/mol. The Hall–Kier alpha value is -1.52. The van der Waals surface area contributed by atoms with Crippen molar-refractivity contribution in [2.75, 3.05) is 19.0 Å². The van der Waals surface area contributed by atoms with Crippen LogP contribution < -0.4 is 16.1 Å². The second-order valence-corrected chi connectivity index (χ2v) is 5.28. The molecule has 1 aromatic heterocycles. The van der Waals surface area contributed by atoms with E-state index in [0.29, 0.717) is 5.69 Å². The fraction of sp³-hybridized carbons (Fsp3) is 0.692. The van der Waals surface area contributed by atoms with Crippen LogP contribution in [0.3, 0.4) is 0 Å². The summed E-state index contributed by atoms with van der Waals surface area (Å²) in [6, 6.07) is 0.0792. The van der Waals surface area contributed by atoms with Crippen LogP contribution in [0.1, 0.15) is 37.4 Å². The van der Waals surface area contributed by atoms with E-state index in [1.165, 1.54) is 4.57 Å². The van der Waals surface area contributed by atoms with Crippen LogP contribution >= 0.6 is 0 Å². The highest BCUT2D eigenvalue weighted by Crippen LogP contribution is 2.27. The summed E-state index contributed by atoms with van der Waals surface area (Å²) in [6.45, 7) is 1.82.